The SMILES string of the molecule is N#CCCn1cc(Nc2ncc(Cl)c(-c3ccccc3C(=O)O)n2)cn1. The zero-order valence-electron chi connectivity index (χ0n) is 13.4. The van der Waals surface area contributed by atoms with Crippen molar-refractivity contribution in [3.05, 3.63) is 53.4 Å². The van der Waals surface area contributed by atoms with Crippen LogP contribution < -0.4 is 5.32 Å². The zero-order valence-corrected chi connectivity index (χ0v) is 14.2. The van der Waals surface area contributed by atoms with E-state index in [1.165, 1.54) is 12.3 Å². The molecule has 2 aromatic heterocycles. The number of carbonyl (C=O) groups is 1. The minimum Gasteiger partial charge on any atom is -0.478 e. The number of rotatable bonds is 6. The zero-order chi connectivity index (χ0) is 18.5. The van der Waals surface area contributed by atoms with E-state index < -0.39 is 5.97 Å². The first-order chi connectivity index (χ1) is 12.6. The second-order valence-electron chi connectivity index (χ2n) is 5.27. The standard InChI is InChI=1S/C17H13ClN6O2/c18-14-9-20-17(22-11-8-21-24(10-11)7-3-6-19)23-15(14)12-4-1-2-5-13(12)16(25)26/h1-2,4-5,8-10H,3,7H2,(H,25,26)(H,20,22,23). The van der Waals surface area contributed by atoms with E-state index in [4.69, 9.17) is 16.9 Å². The summed E-state index contributed by atoms with van der Waals surface area (Å²) in [5, 5.41) is 25.3. The van der Waals surface area contributed by atoms with E-state index in [1.807, 2.05) is 0 Å². The van der Waals surface area contributed by atoms with Gasteiger partial charge >= 0.3 is 5.97 Å². The summed E-state index contributed by atoms with van der Waals surface area (Å²) in [7, 11) is 0. The minimum absolute atomic E-state index is 0.100. The first kappa shape index (κ1) is 17.4. The lowest BCUT2D eigenvalue weighted by Crippen LogP contribution is -2.03. The van der Waals surface area contributed by atoms with Crippen molar-refractivity contribution in [3.8, 4) is 17.3 Å². The molecule has 0 spiro atoms. The first-order valence-corrected chi connectivity index (χ1v) is 7.98. The summed E-state index contributed by atoms with van der Waals surface area (Å²) in [5.74, 6) is -0.812. The van der Waals surface area contributed by atoms with Crippen LogP contribution in [0.1, 0.15) is 16.8 Å². The molecule has 0 atom stereocenters. The summed E-state index contributed by atoms with van der Waals surface area (Å²) >= 11 is 6.18. The molecule has 0 bridgehead atoms. The Bertz CT molecular complexity index is 995. The maximum absolute atomic E-state index is 11.4. The van der Waals surface area contributed by atoms with Gasteiger partial charge in [-0.15, -0.1) is 0 Å². The van der Waals surface area contributed by atoms with Gasteiger partial charge in [0.2, 0.25) is 5.95 Å². The summed E-state index contributed by atoms with van der Waals surface area (Å²) in [6, 6.07) is 8.53. The third kappa shape index (κ3) is 3.79. The fourth-order valence-corrected chi connectivity index (χ4v) is 2.53. The topological polar surface area (TPSA) is 117 Å². The van der Waals surface area contributed by atoms with Gasteiger partial charge in [-0.25, -0.2) is 14.8 Å². The van der Waals surface area contributed by atoms with Crippen LogP contribution in [0.2, 0.25) is 5.02 Å². The molecule has 1 aromatic carbocycles. The first-order valence-electron chi connectivity index (χ1n) is 7.60. The van der Waals surface area contributed by atoms with Crippen molar-refractivity contribution >= 4 is 29.2 Å². The molecule has 0 aliphatic heterocycles. The van der Waals surface area contributed by atoms with Crippen LogP contribution in [0.5, 0.6) is 0 Å². The van der Waals surface area contributed by atoms with Crippen molar-refractivity contribution in [2.24, 2.45) is 0 Å². The van der Waals surface area contributed by atoms with Gasteiger partial charge in [0.25, 0.3) is 0 Å². The third-order valence-electron chi connectivity index (χ3n) is 3.50. The van der Waals surface area contributed by atoms with Gasteiger partial charge in [0.15, 0.2) is 0 Å². The van der Waals surface area contributed by atoms with Crippen molar-refractivity contribution < 1.29 is 9.90 Å². The molecule has 130 valence electrons. The van der Waals surface area contributed by atoms with Crippen molar-refractivity contribution in [1.29, 1.82) is 5.26 Å². The molecule has 0 saturated carbocycles. The van der Waals surface area contributed by atoms with Crippen LogP contribution in [-0.2, 0) is 6.54 Å². The van der Waals surface area contributed by atoms with Gasteiger partial charge in [-0.05, 0) is 6.07 Å². The van der Waals surface area contributed by atoms with Crippen LogP contribution in [0.15, 0.2) is 42.9 Å². The second-order valence-corrected chi connectivity index (χ2v) is 5.67. The monoisotopic (exact) mass is 368 g/mol. The Morgan fingerprint density at radius 1 is 1.35 bits per heavy atom. The number of halogens is 1. The Hall–Kier alpha value is -3.44. The largest absolute Gasteiger partial charge is 0.478 e. The van der Waals surface area contributed by atoms with Gasteiger partial charge in [0, 0.05) is 11.8 Å². The van der Waals surface area contributed by atoms with Crippen molar-refractivity contribution in [2.45, 2.75) is 13.0 Å². The number of nitriles is 1. The van der Waals surface area contributed by atoms with E-state index in [0.717, 1.165) is 0 Å². The molecule has 0 saturated heterocycles. The number of aromatic carboxylic acids is 1. The summed E-state index contributed by atoms with van der Waals surface area (Å²) in [6.45, 7) is 0.483. The molecule has 2 N–H and O–H groups in total. The summed E-state index contributed by atoms with van der Waals surface area (Å²) < 4.78 is 1.63. The Labute approximate surface area is 153 Å². The van der Waals surface area contributed by atoms with Crippen LogP contribution in [0.3, 0.4) is 0 Å². The highest BCUT2D eigenvalue weighted by molar-refractivity contribution is 6.33. The summed E-state index contributed by atoms with van der Waals surface area (Å²) in [4.78, 5) is 19.9. The number of benzene rings is 1. The molecule has 0 aliphatic carbocycles. The van der Waals surface area contributed by atoms with E-state index in [9.17, 15) is 9.90 Å². The van der Waals surface area contributed by atoms with Crippen LogP contribution in [0, 0.1) is 11.3 Å². The van der Waals surface area contributed by atoms with Gasteiger partial charge in [-0.1, -0.05) is 29.8 Å². The molecule has 0 aliphatic rings. The van der Waals surface area contributed by atoms with Crippen LogP contribution in [0.4, 0.5) is 11.6 Å². The van der Waals surface area contributed by atoms with Crippen molar-refractivity contribution in [2.75, 3.05) is 5.32 Å². The molecule has 0 radical (unpaired) electrons. The smallest absolute Gasteiger partial charge is 0.336 e. The summed E-state index contributed by atoms with van der Waals surface area (Å²) in [5.41, 5.74) is 1.46. The predicted octanol–water partition coefficient (Wildman–Crippen LogP) is 3.35. The number of nitrogens with one attached hydrogen (secondary N) is 1. The Morgan fingerprint density at radius 2 is 2.15 bits per heavy atom. The van der Waals surface area contributed by atoms with E-state index in [2.05, 4.69) is 26.5 Å². The number of hydrogen-bond donors (Lipinski definition) is 2. The maximum atomic E-state index is 11.4. The molecule has 0 fully saturated rings. The number of nitrogens with zero attached hydrogens (tertiary/aromatic N) is 5. The molecule has 0 amide bonds. The number of anilines is 2. The molecule has 9 heteroatoms. The molecule has 3 rings (SSSR count). The molecule has 2 heterocycles. The van der Waals surface area contributed by atoms with E-state index in [0.29, 0.717) is 29.9 Å². The number of hydrogen-bond acceptors (Lipinski definition) is 6. The van der Waals surface area contributed by atoms with Crippen LogP contribution in [-0.4, -0.2) is 30.8 Å². The number of aryl methyl sites for hydroxylation is 1. The van der Waals surface area contributed by atoms with Crippen molar-refractivity contribution in [1.82, 2.24) is 19.7 Å². The van der Waals surface area contributed by atoms with E-state index in [1.54, 1.807) is 35.3 Å². The molecule has 0 unspecified atom stereocenters. The highest BCUT2D eigenvalue weighted by atomic mass is 35.5. The fraction of sp³-hybridized carbons (Fsp3) is 0.118. The average Bonchev–Trinajstić information content (AvgIpc) is 3.09. The molecular formula is C17H13ClN6O2. The van der Waals surface area contributed by atoms with Gasteiger partial charge in [-0.3, -0.25) is 4.68 Å². The average molecular weight is 369 g/mol. The molecule has 26 heavy (non-hydrogen) atoms. The van der Waals surface area contributed by atoms with Gasteiger partial charge in [-0.2, -0.15) is 10.4 Å². The van der Waals surface area contributed by atoms with E-state index >= 15 is 0 Å². The lowest BCUT2D eigenvalue weighted by atomic mass is 10.0. The highest BCUT2D eigenvalue weighted by Gasteiger charge is 2.16. The molecular weight excluding hydrogens is 356 g/mol. The predicted molar refractivity (Wildman–Crippen MR) is 95.2 cm³/mol. The number of aromatic nitrogens is 4. The lowest BCUT2D eigenvalue weighted by Gasteiger charge is -2.09. The quantitative estimate of drug-likeness (QED) is 0.685. The minimum atomic E-state index is -1.07. The second kappa shape index (κ2) is 7.63. The van der Waals surface area contributed by atoms with Gasteiger partial charge < -0.3 is 10.4 Å². The van der Waals surface area contributed by atoms with Gasteiger partial charge in [0.05, 0.1) is 53.4 Å². The Balaban J connectivity index is 1.90. The highest BCUT2D eigenvalue weighted by Crippen LogP contribution is 2.29. The van der Waals surface area contributed by atoms with Crippen LogP contribution >= 0.6 is 11.6 Å². The normalized spacial score (nSPS) is 10.3. The lowest BCUT2D eigenvalue weighted by molar-refractivity contribution is 0.0697. The number of carboxylic acid groups (broad SMARTS) is 1. The van der Waals surface area contributed by atoms with Crippen molar-refractivity contribution in [3.63, 3.8) is 0 Å². The number of carboxylic acids is 1. The maximum Gasteiger partial charge on any atom is 0.336 e. The summed E-state index contributed by atoms with van der Waals surface area (Å²) in [6.07, 6.45) is 5.07. The Kier molecular flexibility index (Phi) is 5.10. The molecule has 8 nitrogen and oxygen atoms in total. The van der Waals surface area contributed by atoms with Crippen LogP contribution in [0.25, 0.3) is 11.3 Å². The Morgan fingerprint density at radius 3 is 2.92 bits per heavy atom. The fourth-order valence-electron chi connectivity index (χ4n) is 2.34. The van der Waals surface area contributed by atoms with E-state index in [-0.39, 0.29) is 16.5 Å². The molecule has 3 aromatic rings. The third-order valence-corrected chi connectivity index (χ3v) is 3.78. The van der Waals surface area contributed by atoms with Gasteiger partial charge in [0.1, 0.15) is 0 Å².